The zero-order valence-corrected chi connectivity index (χ0v) is 16.6. The Morgan fingerprint density at radius 3 is 2.56 bits per heavy atom. The highest BCUT2D eigenvalue weighted by atomic mass is 15.2. The second-order valence-electron chi connectivity index (χ2n) is 8.68. The SMILES string of the molecule is C=C1NC(C)=NC2=C1CCN(C(=C)C(C(C)C)C1CCC(C)CC1)C2. The topological polar surface area (TPSA) is 27.6 Å². The van der Waals surface area contributed by atoms with Gasteiger partial charge in [0.05, 0.1) is 12.2 Å². The van der Waals surface area contributed by atoms with Crippen LogP contribution >= 0.6 is 0 Å². The highest BCUT2D eigenvalue weighted by Crippen LogP contribution is 2.41. The van der Waals surface area contributed by atoms with Crippen LogP contribution in [0.25, 0.3) is 0 Å². The number of hydrogen-bond donors (Lipinski definition) is 1. The quantitative estimate of drug-likeness (QED) is 0.771. The van der Waals surface area contributed by atoms with E-state index in [1.54, 1.807) is 0 Å². The van der Waals surface area contributed by atoms with E-state index < -0.39 is 0 Å². The molecule has 1 atom stereocenters. The lowest BCUT2D eigenvalue weighted by Crippen LogP contribution is -2.40. The van der Waals surface area contributed by atoms with Gasteiger partial charge in [0.1, 0.15) is 5.84 Å². The van der Waals surface area contributed by atoms with Crippen LogP contribution in [0.5, 0.6) is 0 Å². The number of nitrogens with zero attached hydrogens (tertiary/aromatic N) is 2. The first-order valence-electron chi connectivity index (χ1n) is 10.0. The number of rotatable bonds is 4. The average molecular weight is 342 g/mol. The highest BCUT2D eigenvalue weighted by Gasteiger charge is 2.34. The molecule has 0 spiro atoms. The Bertz CT molecular complexity index is 603. The molecule has 3 nitrogen and oxygen atoms in total. The van der Waals surface area contributed by atoms with Gasteiger partial charge in [0.2, 0.25) is 0 Å². The minimum Gasteiger partial charge on any atom is -0.369 e. The van der Waals surface area contributed by atoms with Crippen LogP contribution in [0.3, 0.4) is 0 Å². The van der Waals surface area contributed by atoms with E-state index in [1.165, 1.54) is 42.7 Å². The fourth-order valence-electron chi connectivity index (χ4n) is 5.00. The fraction of sp³-hybridized carbons (Fsp3) is 0.682. The van der Waals surface area contributed by atoms with Gasteiger partial charge >= 0.3 is 0 Å². The van der Waals surface area contributed by atoms with Crippen LogP contribution < -0.4 is 5.32 Å². The van der Waals surface area contributed by atoms with E-state index in [1.807, 2.05) is 6.92 Å². The molecule has 1 saturated carbocycles. The summed E-state index contributed by atoms with van der Waals surface area (Å²) in [6.07, 6.45) is 6.51. The minimum atomic E-state index is 0.602. The third kappa shape index (κ3) is 3.86. The summed E-state index contributed by atoms with van der Waals surface area (Å²) in [5.74, 6) is 3.91. The summed E-state index contributed by atoms with van der Waals surface area (Å²) in [5, 5.41) is 3.28. The lowest BCUT2D eigenvalue weighted by atomic mass is 9.71. The van der Waals surface area contributed by atoms with E-state index in [4.69, 9.17) is 4.99 Å². The summed E-state index contributed by atoms with van der Waals surface area (Å²) in [4.78, 5) is 7.25. The minimum absolute atomic E-state index is 0.602. The Balaban J connectivity index is 1.74. The molecule has 3 aliphatic rings. The molecule has 2 heterocycles. The maximum atomic E-state index is 4.76. The molecule has 0 aromatic rings. The molecule has 3 heteroatoms. The van der Waals surface area contributed by atoms with Crippen LogP contribution in [0.2, 0.25) is 0 Å². The standard InChI is InChI=1S/C22H35N3/c1-14(2)22(19-9-7-15(3)8-10-19)17(5)25-12-11-20-16(4)23-18(6)24-21(20)13-25/h14-15,19,22H,4-5,7-13H2,1-3,6H3,(H,23,24). The summed E-state index contributed by atoms with van der Waals surface area (Å²) >= 11 is 0. The van der Waals surface area contributed by atoms with Gasteiger partial charge in [0.15, 0.2) is 0 Å². The first kappa shape index (κ1) is 18.3. The molecule has 0 aromatic heterocycles. The zero-order valence-electron chi connectivity index (χ0n) is 16.6. The zero-order chi connectivity index (χ0) is 18.1. The van der Waals surface area contributed by atoms with Gasteiger partial charge in [0, 0.05) is 29.4 Å². The van der Waals surface area contributed by atoms with Gasteiger partial charge in [-0.2, -0.15) is 0 Å². The van der Waals surface area contributed by atoms with Crippen molar-refractivity contribution >= 4 is 5.84 Å². The Kier molecular flexibility index (Phi) is 5.41. The molecule has 0 aromatic carbocycles. The van der Waals surface area contributed by atoms with Crippen molar-refractivity contribution < 1.29 is 0 Å². The van der Waals surface area contributed by atoms with Crippen LogP contribution in [0.4, 0.5) is 0 Å². The van der Waals surface area contributed by atoms with Crippen LogP contribution in [0.1, 0.15) is 59.8 Å². The Morgan fingerprint density at radius 1 is 1.24 bits per heavy atom. The number of allylic oxidation sites excluding steroid dienone is 2. The summed E-state index contributed by atoms with van der Waals surface area (Å²) in [6, 6.07) is 0. The molecule has 0 amide bonds. The van der Waals surface area contributed by atoms with Crippen LogP contribution in [-0.4, -0.2) is 23.8 Å². The molecule has 0 radical (unpaired) electrons. The van der Waals surface area contributed by atoms with Crippen molar-refractivity contribution in [1.29, 1.82) is 0 Å². The van der Waals surface area contributed by atoms with Crippen LogP contribution in [-0.2, 0) is 0 Å². The smallest absolute Gasteiger partial charge is 0.103 e. The lowest BCUT2D eigenvalue weighted by molar-refractivity contribution is 0.162. The maximum Gasteiger partial charge on any atom is 0.103 e. The first-order chi connectivity index (χ1) is 11.9. The van der Waals surface area contributed by atoms with E-state index in [2.05, 4.69) is 44.1 Å². The lowest BCUT2D eigenvalue weighted by Gasteiger charge is -2.42. The van der Waals surface area contributed by atoms with Gasteiger partial charge in [-0.15, -0.1) is 0 Å². The average Bonchev–Trinajstić information content (AvgIpc) is 2.55. The van der Waals surface area contributed by atoms with Crippen LogP contribution in [0, 0.1) is 23.7 Å². The predicted molar refractivity (Wildman–Crippen MR) is 107 cm³/mol. The van der Waals surface area contributed by atoms with E-state index in [0.717, 1.165) is 42.9 Å². The Morgan fingerprint density at radius 2 is 1.92 bits per heavy atom. The third-order valence-electron chi connectivity index (χ3n) is 6.40. The van der Waals surface area contributed by atoms with Gasteiger partial charge in [-0.05, 0) is 43.9 Å². The largest absolute Gasteiger partial charge is 0.369 e. The van der Waals surface area contributed by atoms with Crippen molar-refractivity contribution in [3.63, 3.8) is 0 Å². The number of nitrogens with one attached hydrogen (secondary N) is 1. The van der Waals surface area contributed by atoms with E-state index in [0.29, 0.717) is 11.8 Å². The maximum absolute atomic E-state index is 4.76. The number of hydrogen-bond acceptors (Lipinski definition) is 3. The second-order valence-corrected chi connectivity index (χ2v) is 8.68. The second kappa shape index (κ2) is 7.39. The van der Waals surface area contributed by atoms with Crippen molar-refractivity contribution in [2.24, 2.45) is 28.7 Å². The summed E-state index contributed by atoms with van der Waals surface area (Å²) in [5.41, 5.74) is 4.88. The summed E-state index contributed by atoms with van der Waals surface area (Å²) in [7, 11) is 0. The fourth-order valence-corrected chi connectivity index (χ4v) is 5.00. The van der Waals surface area contributed by atoms with Gasteiger partial charge in [-0.3, -0.25) is 0 Å². The van der Waals surface area contributed by atoms with E-state index >= 15 is 0 Å². The molecular formula is C22H35N3. The molecule has 1 fully saturated rings. The Hall–Kier alpha value is -1.51. The van der Waals surface area contributed by atoms with Gasteiger partial charge < -0.3 is 10.2 Å². The molecule has 1 unspecified atom stereocenters. The monoisotopic (exact) mass is 341 g/mol. The van der Waals surface area contributed by atoms with Gasteiger partial charge in [-0.25, -0.2) is 4.99 Å². The first-order valence-corrected chi connectivity index (χ1v) is 10.0. The number of amidine groups is 1. The molecule has 0 bridgehead atoms. The van der Waals surface area contributed by atoms with Crippen LogP contribution in [0.15, 0.2) is 40.8 Å². The van der Waals surface area contributed by atoms with Gasteiger partial charge in [-0.1, -0.05) is 46.8 Å². The molecule has 2 aliphatic heterocycles. The normalized spacial score (nSPS) is 28.4. The number of aliphatic imine (C=N–C) groups is 1. The van der Waals surface area contributed by atoms with Crippen molar-refractivity contribution in [3.05, 3.63) is 35.8 Å². The molecule has 25 heavy (non-hydrogen) atoms. The van der Waals surface area contributed by atoms with Gasteiger partial charge in [0.25, 0.3) is 0 Å². The summed E-state index contributed by atoms with van der Waals surface area (Å²) in [6.45, 7) is 19.8. The molecule has 138 valence electrons. The molecule has 3 rings (SSSR count). The van der Waals surface area contributed by atoms with E-state index in [9.17, 15) is 0 Å². The van der Waals surface area contributed by atoms with Crippen molar-refractivity contribution in [2.45, 2.75) is 59.8 Å². The Labute approximate surface area is 154 Å². The van der Waals surface area contributed by atoms with E-state index in [-0.39, 0.29) is 0 Å². The highest BCUT2D eigenvalue weighted by molar-refractivity contribution is 5.84. The summed E-state index contributed by atoms with van der Waals surface area (Å²) < 4.78 is 0. The molecule has 0 saturated heterocycles. The molecule has 1 N–H and O–H groups in total. The third-order valence-corrected chi connectivity index (χ3v) is 6.40. The predicted octanol–water partition coefficient (Wildman–Crippen LogP) is 5.09. The molecular weight excluding hydrogens is 306 g/mol. The van der Waals surface area contributed by atoms with Crippen molar-refractivity contribution in [3.8, 4) is 0 Å². The van der Waals surface area contributed by atoms with Crippen molar-refractivity contribution in [2.75, 3.05) is 13.1 Å². The molecule has 1 aliphatic carbocycles. The van der Waals surface area contributed by atoms with Crippen molar-refractivity contribution in [1.82, 2.24) is 10.2 Å².